The van der Waals surface area contributed by atoms with E-state index in [-0.39, 0.29) is 17.5 Å². The van der Waals surface area contributed by atoms with Crippen LogP contribution >= 0.6 is 0 Å². The van der Waals surface area contributed by atoms with E-state index in [0.717, 1.165) is 157 Å². The predicted octanol–water partition coefficient (Wildman–Crippen LogP) is 28.6. The highest BCUT2D eigenvalue weighted by Gasteiger charge is 2.47. The molecule has 2 aliphatic heterocycles. The first-order valence-corrected chi connectivity index (χ1v) is 42.5. The van der Waals surface area contributed by atoms with Gasteiger partial charge in [-0.1, -0.05) is 304 Å². The van der Waals surface area contributed by atoms with Gasteiger partial charge in [0.05, 0.1) is 44.8 Å². The minimum Gasteiger partial charge on any atom is -0.310 e. The molecule has 0 aliphatic carbocycles. The summed E-state index contributed by atoms with van der Waals surface area (Å²) in [6.07, 6.45) is 3.87. The Kier molecular flexibility index (Phi) is 17.7. The van der Waals surface area contributed by atoms with Gasteiger partial charge in [0.25, 0.3) is 6.71 Å². The number of hydrogen-bond acceptors (Lipinski definition) is 4. The van der Waals surface area contributed by atoms with Gasteiger partial charge < -0.3 is 18.9 Å². The second-order valence-corrected chi connectivity index (χ2v) is 36.2. The molecule has 15 aromatic carbocycles. The molecule has 0 saturated carbocycles. The minimum atomic E-state index is -0.439. The molecular formula is C114H93BN6. The van der Waals surface area contributed by atoms with Crippen molar-refractivity contribution in [2.75, 3.05) is 9.80 Å². The average molecular weight is 1560 g/mol. The lowest BCUT2D eigenvalue weighted by Gasteiger charge is -2.47. The van der Waals surface area contributed by atoms with Crippen molar-refractivity contribution in [3.63, 3.8) is 0 Å². The molecule has 6 heterocycles. The van der Waals surface area contributed by atoms with E-state index in [1.165, 1.54) is 65.8 Å². The fraction of sp³-hybridized carbons (Fsp3) is 0.123. The van der Waals surface area contributed by atoms with Gasteiger partial charge in [-0.05, 0) is 229 Å². The lowest BCUT2D eigenvalue weighted by Crippen LogP contribution is -2.61. The van der Waals surface area contributed by atoms with Gasteiger partial charge in [0.2, 0.25) is 0 Å². The topological polar surface area (TPSA) is 42.1 Å². The minimum absolute atomic E-state index is 0.324. The van der Waals surface area contributed by atoms with Crippen molar-refractivity contribution in [3.8, 4) is 101 Å². The summed E-state index contributed by atoms with van der Waals surface area (Å²) in [5.41, 5.74) is 39.0. The maximum absolute atomic E-state index is 5.24. The number of aryl methyl sites for hydroxylation is 2. The van der Waals surface area contributed by atoms with Crippen molar-refractivity contribution in [1.29, 1.82) is 0 Å². The molecule has 0 N–H and O–H groups in total. The Labute approximate surface area is 710 Å². The molecule has 0 unspecified atom stereocenters. The molecule has 582 valence electrons. The molecule has 121 heavy (non-hydrogen) atoms. The van der Waals surface area contributed by atoms with E-state index in [1.54, 1.807) is 0 Å². The summed E-state index contributed by atoms with van der Waals surface area (Å²) in [5.74, 6) is 0. The standard InChI is InChI=1S/C114H93BN6/c1-72-52-58-103-91(62-72)89-46-26-28-50-101(89)118(103)79-54-56-97-105(70-79)120(110-93(83-40-20-18-38-81(83)74-34-14-12-15-35-74)64-76(112(3,4)5)66-95(110)85-42-22-24-44-87(85)99-48-30-32-60-116-99)107-68-78(114(9,10)11)69-108-109(107)115(97)98-57-55-80(119-102-51-29-27-47-90(102)92-63-73(2)53-59-104(92)119)71-106(98)121(108)111-94(84-41-21-19-39-82(84)75-36-16-13-17-37-75)65-77(113(6,7)8)67-96(111)86-43-23-25-45-88(86)100-49-31-33-61-117-100/h12-71H,1-11H3. The molecule has 19 aromatic rings. The number of nitrogens with zero attached hydrogens (tertiary/aromatic N) is 6. The zero-order valence-electron chi connectivity index (χ0n) is 70.4. The Morgan fingerprint density at radius 1 is 0.248 bits per heavy atom. The van der Waals surface area contributed by atoms with Crippen LogP contribution < -0.4 is 26.2 Å². The number of anilines is 6. The van der Waals surface area contributed by atoms with Crippen molar-refractivity contribution >= 4 is 101 Å². The SMILES string of the molecule is Cc1ccc2c(c1)c1ccccc1n2-c1ccc2c(c1)N(c1c(-c3ccccc3-c3ccccc3)cc(C(C)(C)C)cc1-c1ccccc1-c1ccccn1)c1cc(C(C)(C)C)cc3c1B2c1ccc(-n2c4ccccc4c4cc(C)ccc42)cc1N3c1c(-c2ccccc2-c2ccccc2)cc(C(C)(C)C)cc1-c1ccccc1-c1ccccn1. The zero-order valence-corrected chi connectivity index (χ0v) is 70.4. The summed E-state index contributed by atoms with van der Waals surface area (Å²) in [6, 6.07) is 133. The van der Waals surface area contributed by atoms with E-state index in [9.17, 15) is 0 Å². The molecule has 0 bridgehead atoms. The molecule has 0 saturated heterocycles. The van der Waals surface area contributed by atoms with Crippen molar-refractivity contribution in [2.45, 2.75) is 92.4 Å². The van der Waals surface area contributed by atoms with E-state index < -0.39 is 5.41 Å². The number of fused-ring (bicyclic) bond motifs is 10. The molecule has 2 aliphatic rings. The van der Waals surface area contributed by atoms with Crippen LogP contribution in [0.25, 0.3) is 144 Å². The first kappa shape index (κ1) is 74.4. The quantitative estimate of drug-likeness (QED) is 0.114. The number of para-hydroxylation sites is 2. The molecule has 0 atom stereocenters. The molecule has 0 spiro atoms. The highest BCUT2D eigenvalue weighted by Crippen LogP contribution is 2.58. The number of benzene rings is 15. The first-order valence-electron chi connectivity index (χ1n) is 42.5. The van der Waals surface area contributed by atoms with E-state index in [1.807, 2.05) is 24.5 Å². The summed E-state index contributed by atoms with van der Waals surface area (Å²) >= 11 is 0. The third-order valence-electron chi connectivity index (χ3n) is 25.4. The van der Waals surface area contributed by atoms with Gasteiger partial charge in [-0.3, -0.25) is 9.97 Å². The molecule has 0 radical (unpaired) electrons. The third-order valence-corrected chi connectivity index (χ3v) is 25.4. The smallest absolute Gasteiger partial charge is 0.252 e. The van der Waals surface area contributed by atoms with E-state index in [0.29, 0.717) is 0 Å². The van der Waals surface area contributed by atoms with E-state index >= 15 is 0 Å². The van der Waals surface area contributed by atoms with Crippen molar-refractivity contribution < 1.29 is 0 Å². The van der Waals surface area contributed by atoms with Gasteiger partial charge in [0, 0.05) is 101 Å². The third kappa shape index (κ3) is 12.5. The van der Waals surface area contributed by atoms with Crippen LogP contribution in [0.15, 0.2) is 364 Å². The maximum atomic E-state index is 5.24. The van der Waals surface area contributed by atoms with Crippen LogP contribution in [0.1, 0.15) is 90.1 Å². The zero-order chi connectivity index (χ0) is 82.3. The molecule has 6 nitrogen and oxygen atoms in total. The van der Waals surface area contributed by atoms with Crippen LogP contribution in [0, 0.1) is 13.8 Å². The summed E-state index contributed by atoms with van der Waals surface area (Å²) < 4.78 is 5.05. The monoisotopic (exact) mass is 1560 g/mol. The molecule has 0 amide bonds. The molecule has 0 fully saturated rings. The number of aromatic nitrogens is 4. The van der Waals surface area contributed by atoms with Gasteiger partial charge in [-0.25, -0.2) is 0 Å². The Hall–Kier alpha value is -14.1. The Morgan fingerprint density at radius 2 is 0.570 bits per heavy atom. The lowest BCUT2D eigenvalue weighted by atomic mass is 9.33. The number of rotatable bonds is 12. The van der Waals surface area contributed by atoms with Crippen molar-refractivity contribution in [3.05, 3.63) is 392 Å². The highest BCUT2D eigenvalue weighted by molar-refractivity contribution is 7.00. The normalized spacial score (nSPS) is 12.7. The molecular weight excluding hydrogens is 1460 g/mol. The van der Waals surface area contributed by atoms with Crippen molar-refractivity contribution in [1.82, 2.24) is 19.1 Å². The van der Waals surface area contributed by atoms with Gasteiger partial charge in [0.1, 0.15) is 0 Å². The van der Waals surface area contributed by atoms with Crippen LogP contribution in [0.5, 0.6) is 0 Å². The lowest BCUT2D eigenvalue weighted by molar-refractivity contribution is 0.590. The fourth-order valence-electron chi connectivity index (χ4n) is 19.4. The fourth-order valence-corrected chi connectivity index (χ4v) is 19.4. The van der Waals surface area contributed by atoms with Crippen LogP contribution in [0.3, 0.4) is 0 Å². The summed E-state index contributed by atoms with van der Waals surface area (Å²) in [4.78, 5) is 16.0. The predicted molar refractivity (Wildman–Crippen MR) is 514 cm³/mol. The van der Waals surface area contributed by atoms with Crippen molar-refractivity contribution in [2.24, 2.45) is 0 Å². The Bertz CT molecular complexity index is 6720. The van der Waals surface area contributed by atoms with Gasteiger partial charge in [0.15, 0.2) is 0 Å². The van der Waals surface area contributed by atoms with Crippen LogP contribution in [-0.4, -0.2) is 25.8 Å². The molecule has 21 rings (SSSR count). The first-order chi connectivity index (χ1) is 58.8. The number of hydrogen-bond donors (Lipinski definition) is 0. The largest absolute Gasteiger partial charge is 0.310 e. The summed E-state index contributed by atoms with van der Waals surface area (Å²) in [6.45, 7) is 25.5. The highest BCUT2D eigenvalue weighted by atomic mass is 15.2. The van der Waals surface area contributed by atoms with Crippen LogP contribution in [0.4, 0.5) is 34.1 Å². The maximum Gasteiger partial charge on any atom is 0.252 e. The van der Waals surface area contributed by atoms with Gasteiger partial charge in [-0.15, -0.1) is 0 Å². The molecule has 4 aromatic heterocycles. The number of pyridine rings is 2. The Balaban J connectivity index is 0.982. The van der Waals surface area contributed by atoms with Crippen LogP contribution in [-0.2, 0) is 16.2 Å². The average Bonchev–Trinajstić information content (AvgIpc) is 1.09. The van der Waals surface area contributed by atoms with E-state index in [4.69, 9.17) is 9.97 Å². The summed E-state index contributed by atoms with van der Waals surface area (Å²) in [5, 5.41) is 4.87. The molecule has 7 heteroatoms. The Morgan fingerprint density at radius 3 is 0.942 bits per heavy atom. The second-order valence-electron chi connectivity index (χ2n) is 36.2. The van der Waals surface area contributed by atoms with Gasteiger partial charge >= 0.3 is 0 Å². The second kappa shape index (κ2) is 28.9. The van der Waals surface area contributed by atoms with Gasteiger partial charge in [-0.2, -0.15) is 0 Å². The van der Waals surface area contributed by atoms with Crippen LogP contribution in [0.2, 0.25) is 0 Å². The summed E-state index contributed by atoms with van der Waals surface area (Å²) in [7, 11) is 0. The van der Waals surface area contributed by atoms with E-state index in [2.05, 4.69) is 435 Å².